The largest absolute Gasteiger partial charge is 0.481 e. The molecular formula is C15H16FNO3. The number of rotatable bonds is 2. The second-order valence-electron chi connectivity index (χ2n) is 5.60. The number of nitrogens with zero attached hydrogens (tertiary/aromatic N) is 1. The van der Waals surface area contributed by atoms with Crippen molar-refractivity contribution in [3.8, 4) is 0 Å². The first-order valence-corrected chi connectivity index (χ1v) is 6.83. The first-order chi connectivity index (χ1) is 9.54. The maximum Gasteiger partial charge on any atom is 0.306 e. The minimum atomic E-state index is -0.726. The predicted molar refractivity (Wildman–Crippen MR) is 70.8 cm³/mol. The molecule has 20 heavy (non-hydrogen) atoms. The van der Waals surface area contributed by atoms with Crippen LogP contribution in [0.15, 0.2) is 22.6 Å². The Morgan fingerprint density at radius 1 is 1.45 bits per heavy atom. The number of aromatic nitrogens is 1. The van der Waals surface area contributed by atoms with Crippen molar-refractivity contribution in [3.63, 3.8) is 0 Å². The number of hydrogen-bond donors (Lipinski definition) is 1. The number of hydrogen-bond acceptors (Lipinski definition) is 3. The van der Waals surface area contributed by atoms with Crippen LogP contribution in [0.5, 0.6) is 0 Å². The van der Waals surface area contributed by atoms with Crippen molar-refractivity contribution < 1.29 is 18.7 Å². The summed E-state index contributed by atoms with van der Waals surface area (Å²) in [5.41, 5.74) is 1.10. The number of aliphatic carboxylic acids is 1. The van der Waals surface area contributed by atoms with Crippen molar-refractivity contribution in [2.24, 2.45) is 11.8 Å². The average Bonchev–Trinajstić information content (AvgIpc) is 2.81. The van der Waals surface area contributed by atoms with E-state index in [2.05, 4.69) is 4.98 Å². The van der Waals surface area contributed by atoms with Crippen molar-refractivity contribution in [2.45, 2.75) is 32.1 Å². The smallest absolute Gasteiger partial charge is 0.306 e. The molecule has 0 aliphatic heterocycles. The lowest BCUT2D eigenvalue weighted by molar-refractivity contribution is -0.144. The Morgan fingerprint density at radius 2 is 2.25 bits per heavy atom. The monoisotopic (exact) mass is 277 g/mol. The molecule has 1 aliphatic rings. The lowest BCUT2D eigenvalue weighted by atomic mass is 9.75. The lowest BCUT2D eigenvalue weighted by Gasteiger charge is -2.29. The van der Waals surface area contributed by atoms with E-state index in [4.69, 9.17) is 9.52 Å². The van der Waals surface area contributed by atoms with Crippen LogP contribution in [0.4, 0.5) is 4.39 Å². The van der Waals surface area contributed by atoms with Gasteiger partial charge in [0.05, 0.1) is 5.92 Å². The molecule has 1 N–H and O–H groups in total. The number of carboxylic acid groups (broad SMARTS) is 1. The third kappa shape index (κ3) is 2.28. The van der Waals surface area contributed by atoms with Gasteiger partial charge in [-0.25, -0.2) is 9.37 Å². The molecule has 5 heteroatoms. The maximum atomic E-state index is 13.1. The van der Waals surface area contributed by atoms with Gasteiger partial charge in [-0.05, 0) is 37.3 Å². The van der Waals surface area contributed by atoms with E-state index < -0.39 is 5.97 Å². The van der Waals surface area contributed by atoms with Gasteiger partial charge in [-0.1, -0.05) is 6.92 Å². The minimum Gasteiger partial charge on any atom is -0.481 e. The number of carboxylic acids is 1. The molecule has 3 rings (SSSR count). The molecule has 0 spiro atoms. The standard InChI is InChI=1S/C15H16FNO3/c1-8-6-9(2-4-11(8)15(18)19)14-17-12-7-10(16)3-5-13(12)20-14/h3,5,7-9,11H,2,4,6H2,1H3,(H,18,19). The van der Waals surface area contributed by atoms with E-state index in [9.17, 15) is 9.18 Å². The topological polar surface area (TPSA) is 63.3 Å². The fourth-order valence-corrected chi connectivity index (χ4v) is 3.08. The van der Waals surface area contributed by atoms with E-state index in [1.807, 2.05) is 6.92 Å². The summed E-state index contributed by atoms with van der Waals surface area (Å²) in [6, 6.07) is 4.28. The van der Waals surface area contributed by atoms with Gasteiger partial charge in [-0.2, -0.15) is 0 Å². The van der Waals surface area contributed by atoms with Crippen LogP contribution in [0.25, 0.3) is 11.1 Å². The van der Waals surface area contributed by atoms with Crippen LogP contribution in [0.3, 0.4) is 0 Å². The highest BCUT2D eigenvalue weighted by atomic mass is 19.1. The molecule has 0 saturated heterocycles. The van der Waals surface area contributed by atoms with Crippen LogP contribution in [0, 0.1) is 17.7 Å². The quantitative estimate of drug-likeness (QED) is 0.911. The predicted octanol–water partition coefficient (Wildman–Crippen LogP) is 3.57. The van der Waals surface area contributed by atoms with Gasteiger partial charge in [-0.15, -0.1) is 0 Å². The van der Waals surface area contributed by atoms with E-state index in [-0.39, 0.29) is 23.6 Å². The molecule has 0 bridgehead atoms. The van der Waals surface area contributed by atoms with Crippen LogP contribution in [-0.4, -0.2) is 16.1 Å². The molecule has 0 amide bonds. The first-order valence-electron chi connectivity index (χ1n) is 6.83. The van der Waals surface area contributed by atoms with Gasteiger partial charge in [0, 0.05) is 12.0 Å². The molecule has 3 unspecified atom stereocenters. The van der Waals surface area contributed by atoms with Crippen LogP contribution in [-0.2, 0) is 4.79 Å². The maximum absolute atomic E-state index is 13.1. The van der Waals surface area contributed by atoms with Crippen molar-refractivity contribution >= 4 is 17.1 Å². The number of carbonyl (C=O) groups is 1. The summed E-state index contributed by atoms with van der Waals surface area (Å²) < 4.78 is 18.8. The molecule has 1 saturated carbocycles. The van der Waals surface area contributed by atoms with Gasteiger partial charge in [0.25, 0.3) is 0 Å². The molecule has 106 valence electrons. The number of halogens is 1. The molecule has 3 atom stereocenters. The Labute approximate surface area is 115 Å². The molecule has 0 radical (unpaired) electrons. The van der Waals surface area contributed by atoms with Gasteiger partial charge >= 0.3 is 5.97 Å². The zero-order valence-corrected chi connectivity index (χ0v) is 11.2. The summed E-state index contributed by atoms with van der Waals surface area (Å²) in [5.74, 6) is -0.528. The highest BCUT2D eigenvalue weighted by molar-refractivity contribution is 5.72. The van der Waals surface area contributed by atoms with Crippen LogP contribution >= 0.6 is 0 Å². The fourth-order valence-electron chi connectivity index (χ4n) is 3.08. The zero-order chi connectivity index (χ0) is 14.3. The van der Waals surface area contributed by atoms with Crippen LogP contribution < -0.4 is 0 Å². The second-order valence-corrected chi connectivity index (χ2v) is 5.60. The zero-order valence-electron chi connectivity index (χ0n) is 11.2. The van der Waals surface area contributed by atoms with Gasteiger partial charge in [0.2, 0.25) is 0 Å². The molecule has 1 fully saturated rings. The van der Waals surface area contributed by atoms with Gasteiger partial charge in [0.15, 0.2) is 11.5 Å². The highest BCUT2D eigenvalue weighted by Gasteiger charge is 2.34. The summed E-state index contributed by atoms with van der Waals surface area (Å²) in [6.45, 7) is 1.95. The molecular weight excluding hydrogens is 261 g/mol. The molecule has 1 aromatic carbocycles. The molecule has 1 aliphatic carbocycles. The third-order valence-corrected chi connectivity index (χ3v) is 4.20. The Morgan fingerprint density at radius 3 is 2.95 bits per heavy atom. The molecule has 1 heterocycles. The summed E-state index contributed by atoms with van der Waals surface area (Å²) >= 11 is 0. The van der Waals surface area contributed by atoms with Gasteiger partial charge in [0.1, 0.15) is 11.3 Å². The highest BCUT2D eigenvalue weighted by Crippen LogP contribution is 2.39. The third-order valence-electron chi connectivity index (χ3n) is 4.20. The van der Waals surface area contributed by atoms with E-state index in [0.717, 1.165) is 12.8 Å². The normalized spacial score (nSPS) is 26.8. The summed E-state index contributed by atoms with van der Waals surface area (Å²) in [5, 5.41) is 9.13. The number of benzene rings is 1. The SMILES string of the molecule is CC1CC(c2nc3cc(F)ccc3o2)CCC1C(=O)O. The Bertz CT molecular complexity index is 652. The average molecular weight is 277 g/mol. The molecule has 2 aromatic rings. The van der Waals surface area contributed by atoms with Crippen molar-refractivity contribution in [1.29, 1.82) is 0 Å². The second kappa shape index (κ2) is 4.89. The minimum absolute atomic E-state index is 0.0954. The van der Waals surface area contributed by atoms with E-state index in [1.165, 1.54) is 12.1 Å². The van der Waals surface area contributed by atoms with E-state index >= 15 is 0 Å². The van der Waals surface area contributed by atoms with Crippen molar-refractivity contribution in [3.05, 3.63) is 29.9 Å². The fraction of sp³-hybridized carbons (Fsp3) is 0.467. The van der Waals surface area contributed by atoms with Gasteiger partial charge < -0.3 is 9.52 Å². The van der Waals surface area contributed by atoms with Gasteiger partial charge in [-0.3, -0.25) is 4.79 Å². The lowest BCUT2D eigenvalue weighted by Crippen LogP contribution is -2.28. The van der Waals surface area contributed by atoms with E-state index in [0.29, 0.717) is 23.4 Å². The summed E-state index contributed by atoms with van der Waals surface area (Å²) in [4.78, 5) is 15.5. The molecule has 4 nitrogen and oxygen atoms in total. The number of oxazole rings is 1. The first kappa shape index (κ1) is 13.1. The van der Waals surface area contributed by atoms with Crippen molar-refractivity contribution in [2.75, 3.05) is 0 Å². The summed E-state index contributed by atoms with van der Waals surface area (Å²) in [7, 11) is 0. The Balaban J connectivity index is 1.83. The van der Waals surface area contributed by atoms with Crippen molar-refractivity contribution in [1.82, 2.24) is 4.98 Å². The Kier molecular flexibility index (Phi) is 3.20. The summed E-state index contributed by atoms with van der Waals surface area (Å²) in [6.07, 6.45) is 2.12. The molecule has 1 aromatic heterocycles. The van der Waals surface area contributed by atoms with Crippen LogP contribution in [0.1, 0.15) is 38.0 Å². The van der Waals surface area contributed by atoms with E-state index in [1.54, 1.807) is 6.07 Å². The van der Waals surface area contributed by atoms with Crippen LogP contribution in [0.2, 0.25) is 0 Å². The number of fused-ring (bicyclic) bond motifs is 1. The Hall–Kier alpha value is -1.91.